The number of benzene rings is 1. The molecule has 19 heavy (non-hydrogen) atoms. The molecule has 1 heterocycles. The van der Waals surface area contributed by atoms with Crippen LogP contribution < -0.4 is 10.5 Å². The van der Waals surface area contributed by atoms with Crippen LogP contribution >= 0.6 is 0 Å². The number of hydrogen-bond acceptors (Lipinski definition) is 3. The van der Waals surface area contributed by atoms with Gasteiger partial charge in [-0.25, -0.2) is 0 Å². The Balaban J connectivity index is 2.03. The highest BCUT2D eigenvalue weighted by molar-refractivity contribution is 5.34. The van der Waals surface area contributed by atoms with Crippen LogP contribution in [0.2, 0.25) is 0 Å². The van der Waals surface area contributed by atoms with Gasteiger partial charge >= 0.3 is 0 Å². The van der Waals surface area contributed by atoms with E-state index in [0.29, 0.717) is 6.61 Å². The second-order valence-corrected chi connectivity index (χ2v) is 4.59. The van der Waals surface area contributed by atoms with Crippen LogP contribution in [0, 0.1) is 0 Å². The smallest absolute Gasteiger partial charge is 0.130 e. The van der Waals surface area contributed by atoms with Gasteiger partial charge in [0.05, 0.1) is 5.69 Å². The van der Waals surface area contributed by atoms with Crippen molar-refractivity contribution in [3.8, 4) is 5.75 Å². The van der Waals surface area contributed by atoms with Crippen molar-refractivity contribution in [1.82, 2.24) is 4.98 Å². The van der Waals surface area contributed by atoms with E-state index in [1.165, 1.54) is 0 Å². The lowest BCUT2D eigenvalue weighted by Gasteiger charge is -2.14. The third-order valence-electron chi connectivity index (χ3n) is 3.08. The van der Waals surface area contributed by atoms with Crippen molar-refractivity contribution in [2.75, 3.05) is 0 Å². The number of nitrogens with zero attached hydrogens (tertiary/aromatic N) is 1. The maximum Gasteiger partial charge on any atom is 0.130 e. The Labute approximate surface area is 114 Å². The molecule has 2 N–H and O–H groups in total. The summed E-state index contributed by atoms with van der Waals surface area (Å²) in [6.07, 6.45) is 3.58. The van der Waals surface area contributed by atoms with Gasteiger partial charge in [-0.1, -0.05) is 31.2 Å². The molecule has 0 aliphatic carbocycles. The first kappa shape index (κ1) is 13.6. The molecule has 0 bridgehead atoms. The van der Waals surface area contributed by atoms with Crippen LogP contribution in [-0.4, -0.2) is 11.0 Å². The van der Waals surface area contributed by atoms with Gasteiger partial charge in [-0.05, 0) is 36.6 Å². The Morgan fingerprint density at radius 3 is 2.68 bits per heavy atom. The zero-order valence-corrected chi connectivity index (χ0v) is 11.3. The SMILES string of the molecule is CCC(N)Cc1ccccc1OCc1ccccn1. The number of aromatic nitrogens is 1. The fourth-order valence-corrected chi connectivity index (χ4v) is 1.88. The Hall–Kier alpha value is -1.87. The van der Waals surface area contributed by atoms with E-state index in [4.69, 9.17) is 10.5 Å². The first-order valence-electron chi connectivity index (χ1n) is 6.65. The van der Waals surface area contributed by atoms with Gasteiger partial charge in [0, 0.05) is 12.2 Å². The van der Waals surface area contributed by atoms with Crippen molar-refractivity contribution >= 4 is 0 Å². The average molecular weight is 256 g/mol. The fourth-order valence-electron chi connectivity index (χ4n) is 1.88. The van der Waals surface area contributed by atoms with E-state index in [1.54, 1.807) is 6.20 Å². The molecular weight excluding hydrogens is 236 g/mol. The van der Waals surface area contributed by atoms with Crippen LogP contribution in [0.1, 0.15) is 24.6 Å². The molecule has 0 radical (unpaired) electrons. The molecule has 0 spiro atoms. The average Bonchev–Trinajstić information content (AvgIpc) is 2.47. The topological polar surface area (TPSA) is 48.1 Å². The lowest BCUT2D eigenvalue weighted by atomic mass is 10.0. The van der Waals surface area contributed by atoms with E-state index in [1.807, 2.05) is 36.4 Å². The molecule has 0 aliphatic rings. The van der Waals surface area contributed by atoms with E-state index in [0.717, 1.165) is 29.8 Å². The second-order valence-electron chi connectivity index (χ2n) is 4.59. The normalized spacial score (nSPS) is 12.1. The molecule has 2 aromatic rings. The Kier molecular flexibility index (Phi) is 4.93. The first-order chi connectivity index (χ1) is 9.29. The molecule has 1 aromatic carbocycles. The molecule has 2 rings (SSSR count). The maximum atomic E-state index is 6.01. The molecule has 0 saturated carbocycles. The van der Waals surface area contributed by atoms with Crippen LogP contribution in [-0.2, 0) is 13.0 Å². The third-order valence-corrected chi connectivity index (χ3v) is 3.08. The number of rotatable bonds is 6. The molecule has 1 unspecified atom stereocenters. The van der Waals surface area contributed by atoms with Crippen molar-refractivity contribution in [2.24, 2.45) is 5.73 Å². The molecule has 0 amide bonds. The van der Waals surface area contributed by atoms with Gasteiger partial charge in [0.1, 0.15) is 12.4 Å². The van der Waals surface area contributed by atoms with Crippen molar-refractivity contribution in [1.29, 1.82) is 0 Å². The Morgan fingerprint density at radius 2 is 1.95 bits per heavy atom. The monoisotopic (exact) mass is 256 g/mol. The number of hydrogen-bond donors (Lipinski definition) is 1. The minimum absolute atomic E-state index is 0.180. The van der Waals surface area contributed by atoms with Crippen molar-refractivity contribution in [3.63, 3.8) is 0 Å². The van der Waals surface area contributed by atoms with Gasteiger partial charge in [0.25, 0.3) is 0 Å². The second kappa shape index (κ2) is 6.90. The highest BCUT2D eigenvalue weighted by Crippen LogP contribution is 2.20. The summed E-state index contributed by atoms with van der Waals surface area (Å²) in [5.74, 6) is 0.900. The van der Waals surface area contributed by atoms with Crippen molar-refractivity contribution < 1.29 is 4.74 Å². The Morgan fingerprint density at radius 1 is 1.16 bits per heavy atom. The van der Waals surface area contributed by atoms with E-state index in [2.05, 4.69) is 18.0 Å². The van der Waals surface area contributed by atoms with Crippen LogP contribution in [0.4, 0.5) is 0 Å². The minimum Gasteiger partial charge on any atom is -0.487 e. The molecule has 1 aromatic heterocycles. The zero-order valence-electron chi connectivity index (χ0n) is 11.3. The summed E-state index contributed by atoms with van der Waals surface area (Å²) < 4.78 is 5.85. The predicted molar refractivity (Wildman–Crippen MR) is 77.0 cm³/mol. The summed E-state index contributed by atoms with van der Waals surface area (Å²) in [6.45, 7) is 2.58. The van der Waals surface area contributed by atoms with Gasteiger partial charge in [0.2, 0.25) is 0 Å². The molecule has 0 saturated heterocycles. The van der Waals surface area contributed by atoms with Gasteiger partial charge in [-0.15, -0.1) is 0 Å². The highest BCUT2D eigenvalue weighted by atomic mass is 16.5. The van der Waals surface area contributed by atoms with E-state index < -0.39 is 0 Å². The number of para-hydroxylation sites is 1. The van der Waals surface area contributed by atoms with Crippen LogP contribution in [0.5, 0.6) is 5.75 Å². The lowest BCUT2D eigenvalue weighted by molar-refractivity contribution is 0.297. The molecule has 3 heteroatoms. The van der Waals surface area contributed by atoms with Gasteiger partial charge in [-0.3, -0.25) is 4.98 Å². The first-order valence-corrected chi connectivity index (χ1v) is 6.65. The quantitative estimate of drug-likeness (QED) is 0.864. The zero-order chi connectivity index (χ0) is 13.5. The standard InChI is InChI=1S/C16H20N2O/c1-2-14(17)11-13-7-3-4-9-16(13)19-12-15-8-5-6-10-18-15/h3-10,14H,2,11-12,17H2,1H3. The molecule has 0 fully saturated rings. The van der Waals surface area contributed by atoms with Gasteiger partial charge < -0.3 is 10.5 Å². The molecule has 100 valence electrons. The van der Waals surface area contributed by atoms with Crippen LogP contribution in [0.15, 0.2) is 48.7 Å². The summed E-state index contributed by atoms with van der Waals surface area (Å²) in [7, 11) is 0. The largest absolute Gasteiger partial charge is 0.487 e. The maximum absolute atomic E-state index is 6.01. The summed E-state index contributed by atoms with van der Waals surface area (Å²) in [5, 5.41) is 0. The summed E-state index contributed by atoms with van der Waals surface area (Å²) in [4.78, 5) is 4.25. The summed E-state index contributed by atoms with van der Waals surface area (Å²) >= 11 is 0. The van der Waals surface area contributed by atoms with Crippen molar-refractivity contribution in [3.05, 3.63) is 59.9 Å². The molecular formula is C16H20N2O. The number of ether oxygens (including phenoxy) is 1. The van der Waals surface area contributed by atoms with E-state index in [-0.39, 0.29) is 6.04 Å². The highest BCUT2D eigenvalue weighted by Gasteiger charge is 2.07. The van der Waals surface area contributed by atoms with Gasteiger partial charge in [-0.2, -0.15) is 0 Å². The predicted octanol–water partition coefficient (Wildman–Crippen LogP) is 2.94. The summed E-state index contributed by atoms with van der Waals surface area (Å²) in [6, 6.07) is 14.1. The molecule has 3 nitrogen and oxygen atoms in total. The van der Waals surface area contributed by atoms with Crippen molar-refractivity contribution in [2.45, 2.75) is 32.4 Å². The lowest BCUT2D eigenvalue weighted by Crippen LogP contribution is -2.21. The molecule has 1 atom stereocenters. The van der Waals surface area contributed by atoms with Crippen LogP contribution in [0.3, 0.4) is 0 Å². The Bertz CT molecular complexity index is 499. The van der Waals surface area contributed by atoms with Gasteiger partial charge in [0.15, 0.2) is 0 Å². The number of pyridine rings is 1. The van der Waals surface area contributed by atoms with E-state index >= 15 is 0 Å². The molecule has 0 aliphatic heterocycles. The number of nitrogens with two attached hydrogens (primary N) is 1. The minimum atomic E-state index is 0.180. The third kappa shape index (κ3) is 4.07. The summed E-state index contributed by atoms with van der Waals surface area (Å²) in [5.41, 5.74) is 8.10. The van der Waals surface area contributed by atoms with Crippen LogP contribution in [0.25, 0.3) is 0 Å². The fraction of sp³-hybridized carbons (Fsp3) is 0.312. The van der Waals surface area contributed by atoms with E-state index in [9.17, 15) is 0 Å².